The van der Waals surface area contributed by atoms with Gasteiger partial charge in [-0.2, -0.15) is 0 Å². The molecule has 0 aliphatic heterocycles. The summed E-state index contributed by atoms with van der Waals surface area (Å²) in [5.74, 6) is -0.355. The fourth-order valence-corrected chi connectivity index (χ4v) is 6.26. The predicted octanol–water partition coefficient (Wildman–Crippen LogP) is 6.23. The van der Waals surface area contributed by atoms with Crippen LogP contribution in [0.15, 0.2) is 71.6 Å². The Morgan fingerprint density at radius 1 is 0.952 bits per heavy atom. The van der Waals surface area contributed by atoms with Crippen LogP contribution in [0.2, 0.25) is 10.0 Å². The molecule has 0 saturated heterocycles. The standard InChI is InChI=1S/C31H37Cl2N3O5S/c1-6-29(31(38)34-21(3)4)35(19-23-10-11-24(32)18-28(23)33)30(37)20-36(25-12-14-26(15-13-25)41-7-2)42(39,40)27-16-8-22(5)9-17-27/h8-18,21,29H,6-7,19-20H2,1-5H3,(H,34,38)/t29-/m0/s1. The van der Waals surface area contributed by atoms with Gasteiger partial charge in [-0.3, -0.25) is 13.9 Å². The smallest absolute Gasteiger partial charge is 0.264 e. The summed E-state index contributed by atoms with van der Waals surface area (Å²) in [6, 6.07) is 16.7. The molecule has 3 aromatic rings. The van der Waals surface area contributed by atoms with Gasteiger partial charge in [0.1, 0.15) is 18.3 Å². The van der Waals surface area contributed by atoms with Crippen LogP contribution < -0.4 is 14.4 Å². The van der Waals surface area contributed by atoms with Gasteiger partial charge in [0.2, 0.25) is 11.8 Å². The number of nitrogens with one attached hydrogen (secondary N) is 1. The average Bonchev–Trinajstić information content (AvgIpc) is 2.93. The van der Waals surface area contributed by atoms with E-state index in [2.05, 4.69) is 5.32 Å². The maximum atomic E-state index is 14.1. The van der Waals surface area contributed by atoms with Crippen LogP contribution >= 0.6 is 23.2 Å². The van der Waals surface area contributed by atoms with Crippen molar-refractivity contribution in [1.82, 2.24) is 10.2 Å². The molecule has 0 aliphatic rings. The highest BCUT2D eigenvalue weighted by Gasteiger charge is 2.34. The van der Waals surface area contributed by atoms with E-state index in [-0.39, 0.29) is 29.1 Å². The third-order valence-electron chi connectivity index (χ3n) is 6.50. The summed E-state index contributed by atoms with van der Waals surface area (Å²) in [6.45, 7) is 9.02. The molecule has 1 atom stereocenters. The van der Waals surface area contributed by atoms with Crippen molar-refractivity contribution in [2.75, 3.05) is 17.5 Å². The van der Waals surface area contributed by atoms with Gasteiger partial charge in [0.05, 0.1) is 17.2 Å². The zero-order chi connectivity index (χ0) is 31.0. The Kier molecular flexibility index (Phi) is 11.7. The van der Waals surface area contributed by atoms with Crippen molar-refractivity contribution in [3.05, 3.63) is 87.9 Å². The van der Waals surface area contributed by atoms with Crippen molar-refractivity contribution in [3.63, 3.8) is 0 Å². The average molecular weight is 635 g/mol. The number of rotatable bonds is 13. The molecule has 2 amide bonds. The fourth-order valence-electron chi connectivity index (χ4n) is 4.38. The Balaban J connectivity index is 2.09. The number of halogens is 2. The number of anilines is 1. The van der Waals surface area contributed by atoms with Crippen LogP contribution in [-0.2, 0) is 26.2 Å². The lowest BCUT2D eigenvalue weighted by molar-refractivity contribution is -0.140. The van der Waals surface area contributed by atoms with Crippen molar-refractivity contribution >= 4 is 50.7 Å². The number of benzene rings is 3. The zero-order valence-corrected chi connectivity index (χ0v) is 26.8. The van der Waals surface area contributed by atoms with Gasteiger partial charge in [-0.15, -0.1) is 0 Å². The summed E-state index contributed by atoms with van der Waals surface area (Å²) in [7, 11) is -4.18. The van der Waals surface area contributed by atoms with Crippen molar-refractivity contribution in [3.8, 4) is 5.75 Å². The minimum Gasteiger partial charge on any atom is -0.494 e. The van der Waals surface area contributed by atoms with Gasteiger partial charge >= 0.3 is 0 Å². The Morgan fingerprint density at radius 2 is 1.60 bits per heavy atom. The Labute approximate surface area is 258 Å². The van der Waals surface area contributed by atoms with Gasteiger partial charge in [0.15, 0.2) is 0 Å². The molecule has 0 unspecified atom stereocenters. The van der Waals surface area contributed by atoms with Crippen LogP contribution in [0.25, 0.3) is 0 Å². The number of aryl methyl sites for hydroxylation is 1. The fraction of sp³-hybridized carbons (Fsp3) is 0.355. The molecule has 3 rings (SSSR count). The molecule has 0 aliphatic carbocycles. The van der Waals surface area contributed by atoms with Crippen molar-refractivity contribution in [1.29, 1.82) is 0 Å². The molecule has 42 heavy (non-hydrogen) atoms. The molecule has 0 bridgehead atoms. The molecule has 0 fully saturated rings. The van der Waals surface area contributed by atoms with Crippen LogP contribution in [0, 0.1) is 6.92 Å². The Hall–Kier alpha value is -3.27. The lowest BCUT2D eigenvalue weighted by Gasteiger charge is -2.33. The van der Waals surface area contributed by atoms with Gasteiger partial charge in [0, 0.05) is 22.6 Å². The summed E-state index contributed by atoms with van der Waals surface area (Å²) in [6.07, 6.45) is 0.295. The summed E-state index contributed by atoms with van der Waals surface area (Å²) in [4.78, 5) is 28.8. The summed E-state index contributed by atoms with van der Waals surface area (Å²) in [5.41, 5.74) is 1.74. The van der Waals surface area contributed by atoms with Crippen molar-refractivity contribution < 1.29 is 22.7 Å². The quantitative estimate of drug-likeness (QED) is 0.241. The maximum Gasteiger partial charge on any atom is 0.264 e. The Morgan fingerprint density at radius 3 is 2.14 bits per heavy atom. The lowest BCUT2D eigenvalue weighted by atomic mass is 10.1. The number of ether oxygens (including phenoxy) is 1. The minimum atomic E-state index is -4.18. The third kappa shape index (κ3) is 8.40. The van der Waals surface area contributed by atoms with Crippen LogP contribution in [0.4, 0.5) is 5.69 Å². The molecular formula is C31H37Cl2N3O5S. The van der Waals surface area contributed by atoms with Crippen molar-refractivity contribution in [2.24, 2.45) is 0 Å². The first-order valence-electron chi connectivity index (χ1n) is 13.7. The first-order valence-corrected chi connectivity index (χ1v) is 15.9. The monoisotopic (exact) mass is 633 g/mol. The number of carbonyl (C=O) groups is 2. The van der Waals surface area contributed by atoms with E-state index in [9.17, 15) is 18.0 Å². The second-order valence-corrected chi connectivity index (χ2v) is 12.8. The zero-order valence-electron chi connectivity index (χ0n) is 24.4. The first-order chi connectivity index (χ1) is 19.9. The number of sulfonamides is 1. The predicted molar refractivity (Wildman–Crippen MR) is 168 cm³/mol. The topological polar surface area (TPSA) is 96.0 Å². The SMILES string of the molecule is CCOc1ccc(N(CC(=O)N(Cc2ccc(Cl)cc2Cl)[C@@H](CC)C(=O)NC(C)C)S(=O)(=O)c2ccc(C)cc2)cc1. The lowest BCUT2D eigenvalue weighted by Crippen LogP contribution is -2.53. The number of amides is 2. The highest BCUT2D eigenvalue weighted by Crippen LogP contribution is 2.28. The van der Waals surface area contributed by atoms with Gasteiger partial charge < -0.3 is 15.0 Å². The number of carbonyl (C=O) groups excluding carboxylic acids is 2. The van der Waals surface area contributed by atoms with Crippen LogP contribution in [0.5, 0.6) is 5.75 Å². The van der Waals surface area contributed by atoms with E-state index in [4.69, 9.17) is 27.9 Å². The van der Waals surface area contributed by atoms with Crippen LogP contribution in [-0.4, -0.2) is 50.4 Å². The molecule has 0 saturated carbocycles. The van der Waals surface area contributed by atoms with E-state index in [1.165, 1.54) is 17.0 Å². The molecule has 0 spiro atoms. The van der Waals surface area contributed by atoms with Gasteiger partial charge in [-0.05, 0) is 88.2 Å². The number of nitrogens with zero attached hydrogens (tertiary/aromatic N) is 2. The molecular weight excluding hydrogens is 597 g/mol. The van der Waals surface area contributed by atoms with E-state index in [0.717, 1.165) is 9.87 Å². The largest absolute Gasteiger partial charge is 0.494 e. The molecule has 1 N–H and O–H groups in total. The van der Waals surface area contributed by atoms with Crippen LogP contribution in [0.1, 0.15) is 45.2 Å². The van der Waals surface area contributed by atoms with E-state index in [1.54, 1.807) is 61.5 Å². The first kappa shape index (κ1) is 33.2. The van der Waals surface area contributed by atoms with Crippen molar-refractivity contribution in [2.45, 2.75) is 64.6 Å². The molecule has 3 aromatic carbocycles. The maximum absolute atomic E-state index is 14.1. The van der Waals surface area contributed by atoms with Gasteiger partial charge in [0.25, 0.3) is 10.0 Å². The summed E-state index contributed by atoms with van der Waals surface area (Å²) < 4.78 is 34.6. The van der Waals surface area contributed by atoms with Crippen LogP contribution in [0.3, 0.4) is 0 Å². The minimum absolute atomic E-state index is 0.0272. The number of hydrogen-bond donors (Lipinski definition) is 1. The molecule has 8 nitrogen and oxygen atoms in total. The molecule has 226 valence electrons. The highest BCUT2D eigenvalue weighted by molar-refractivity contribution is 7.92. The third-order valence-corrected chi connectivity index (χ3v) is 8.87. The van der Waals surface area contributed by atoms with E-state index in [0.29, 0.717) is 34.4 Å². The molecule has 0 aromatic heterocycles. The molecule has 0 radical (unpaired) electrons. The molecule has 11 heteroatoms. The van der Waals surface area contributed by atoms with E-state index >= 15 is 0 Å². The van der Waals surface area contributed by atoms with Gasteiger partial charge in [-0.25, -0.2) is 8.42 Å². The summed E-state index contributed by atoms with van der Waals surface area (Å²) in [5, 5.41) is 3.63. The highest BCUT2D eigenvalue weighted by atomic mass is 35.5. The normalized spacial score (nSPS) is 12.1. The summed E-state index contributed by atoms with van der Waals surface area (Å²) >= 11 is 12.5. The van der Waals surface area contributed by atoms with E-state index in [1.807, 2.05) is 27.7 Å². The Bertz CT molecular complexity index is 1480. The second-order valence-electron chi connectivity index (χ2n) is 10.1. The van der Waals surface area contributed by atoms with E-state index < -0.39 is 28.5 Å². The van der Waals surface area contributed by atoms with Gasteiger partial charge in [-0.1, -0.05) is 53.9 Å². The second kappa shape index (κ2) is 14.8. The number of hydrogen-bond acceptors (Lipinski definition) is 5. The molecule has 0 heterocycles.